The van der Waals surface area contributed by atoms with Crippen molar-refractivity contribution in [3.63, 3.8) is 0 Å². The summed E-state index contributed by atoms with van der Waals surface area (Å²) in [4.78, 5) is 12.1. The van der Waals surface area contributed by atoms with E-state index in [1.807, 2.05) is 24.3 Å². The first-order chi connectivity index (χ1) is 9.61. The molecule has 0 bridgehead atoms. The summed E-state index contributed by atoms with van der Waals surface area (Å²) in [5.41, 5.74) is 2.50. The molecule has 0 aliphatic rings. The van der Waals surface area contributed by atoms with E-state index in [1.165, 1.54) is 6.26 Å². The number of aryl methyl sites for hydroxylation is 1. The number of carbonyl (C=O) groups excluding carboxylic acids is 1. The Bertz CT molecular complexity index is 590. The van der Waals surface area contributed by atoms with Crippen LogP contribution in [0.5, 0.6) is 0 Å². The van der Waals surface area contributed by atoms with E-state index in [4.69, 9.17) is 4.42 Å². The predicted molar refractivity (Wildman–Crippen MR) is 79.9 cm³/mol. The Morgan fingerprint density at radius 1 is 1.35 bits per heavy atom. The molecular weight excluding hydrogens is 252 g/mol. The highest BCUT2D eigenvalue weighted by Crippen LogP contribution is 2.18. The fourth-order valence-electron chi connectivity index (χ4n) is 2.13. The molecule has 20 heavy (non-hydrogen) atoms. The van der Waals surface area contributed by atoms with Crippen LogP contribution in [0, 0.1) is 6.92 Å². The molecule has 0 saturated heterocycles. The Balaban J connectivity index is 2.12. The van der Waals surface area contributed by atoms with Gasteiger partial charge in [-0.3, -0.25) is 4.79 Å². The lowest BCUT2D eigenvalue weighted by atomic mass is 10.1. The molecule has 1 atom stereocenters. The molecule has 1 heterocycles. The molecule has 0 aliphatic heterocycles. The maximum Gasteiger partial charge on any atom is 0.259 e. The third-order valence-electron chi connectivity index (χ3n) is 3.26. The van der Waals surface area contributed by atoms with Crippen molar-refractivity contribution in [3.8, 4) is 0 Å². The lowest BCUT2D eigenvalue weighted by Gasteiger charge is -2.14. The highest BCUT2D eigenvalue weighted by Gasteiger charge is 2.12. The monoisotopic (exact) mass is 272 g/mol. The minimum absolute atomic E-state index is 0.149. The second-order valence-corrected chi connectivity index (χ2v) is 4.75. The summed E-state index contributed by atoms with van der Waals surface area (Å²) in [6.45, 7) is 6.86. The molecule has 0 spiro atoms. The highest BCUT2D eigenvalue weighted by atomic mass is 16.3. The smallest absolute Gasteiger partial charge is 0.259 e. The van der Waals surface area contributed by atoms with Crippen LogP contribution in [0.25, 0.3) is 0 Å². The fraction of sp³-hybridized carbons (Fsp3) is 0.312. The van der Waals surface area contributed by atoms with E-state index in [1.54, 1.807) is 13.0 Å². The Morgan fingerprint density at radius 2 is 2.15 bits per heavy atom. The molecule has 1 aromatic carbocycles. The van der Waals surface area contributed by atoms with Crippen molar-refractivity contribution < 1.29 is 9.21 Å². The number of nitrogens with one attached hydrogen (secondary N) is 2. The van der Waals surface area contributed by atoms with Crippen LogP contribution in [0.2, 0.25) is 0 Å². The molecule has 4 heteroatoms. The van der Waals surface area contributed by atoms with E-state index in [-0.39, 0.29) is 11.9 Å². The summed E-state index contributed by atoms with van der Waals surface area (Å²) in [7, 11) is 0. The van der Waals surface area contributed by atoms with Gasteiger partial charge >= 0.3 is 0 Å². The van der Waals surface area contributed by atoms with Crippen LogP contribution in [0.4, 0.5) is 5.69 Å². The number of benzene rings is 1. The molecule has 1 unspecified atom stereocenters. The van der Waals surface area contributed by atoms with Gasteiger partial charge in [0, 0.05) is 11.7 Å². The lowest BCUT2D eigenvalue weighted by Crippen LogP contribution is -2.18. The fourth-order valence-corrected chi connectivity index (χ4v) is 2.13. The van der Waals surface area contributed by atoms with Crippen LogP contribution in [-0.4, -0.2) is 12.5 Å². The van der Waals surface area contributed by atoms with Crippen LogP contribution >= 0.6 is 0 Å². The van der Waals surface area contributed by atoms with Gasteiger partial charge in [-0.25, -0.2) is 0 Å². The first-order valence-corrected chi connectivity index (χ1v) is 6.80. The molecule has 2 rings (SSSR count). The van der Waals surface area contributed by atoms with Gasteiger partial charge in [0.2, 0.25) is 0 Å². The second kappa shape index (κ2) is 6.39. The Labute approximate surface area is 119 Å². The third kappa shape index (κ3) is 3.27. The predicted octanol–water partition coefficient (Wildman–Crippen LogP) is 3.51. The van der Waals surface area contributed by atoms with E-state index in [0.29, 0.717) is 11.3 Å². The zero-order valence-corrected chi connectivity index (χ0v) is 12.1. The Kier molecular flexibility index (Phi) is 4.58. The van der Waals surface area contributed by atoms with Gasteiger partial charge in [0.05, 0.1) is 11.8 Å². The van der Waals surface area contributed by atoms with Crippen molar-refractivity contribution in [2.75, 3.05) is 11.9 Å². The molecule has 0 saturated carbocycles. The Morgan fingerprint density at radius 3 is 2.80 bits per heavy atom. The molecule has 0 aliphatic carbocycles. The first-order valence-electron chi connectivity index (χ1n) is 6.80. The molecule has 4 nitrogen and oxygen atoms in total. The maximum atomic E-state index is 12.1. The number of carbonyl (C=O) groups is 1. The average molecular weight is 272 g/mol. The molecular formula is C16H20N2O2. The highest BCUT2D eigenvalue weighted by molar-refractivity contribution is 6.04. The summed E-state index contributed by atoms with van der Waals surface area (Å²) in [6, 6.07) is 9.80. The number of hydrogen-bond acceptors (Lipinski definition) is 3. The third-order valence-corrected chi connectivity index (χ3v) is 3.26. The van der Waals surface area contributed by atoms with E-state index in [0.717, 1.165) is 17.8 Å². The lowest BCUT2D eigenvalue weighted by molar-refractivity contribution is 0.102. The van der Waals surface area contributed by atoms with Gasteiger partial charge in [0.1, 0.15) is 5.76 Å². The SMILES string of the molecule is CCNC(C)c1cccc(NC(=O)c2ccoc2C)c1. The van der Waals surface area contributed by atoms with Crippen LogP contribution in [-0.2, 0) is 0 Å². The quantitative estimate of drug-likeness (QED) is 0.875. The molecule has 2 aromatic rings. The van der Waals surface area contributed by atoms with Crippen molar-refractivity contribution in [1.82, 2.24) is 5.32 Å². The van der Waals surface area contributed by atoms with Gasteiger partial charge in [-0.1, -0.05) is 19.1 Å². The minimum Gasteiger partial charge on any atom is -0.469 e. The summed E-state index contributed by atoms with van der Waals surface area (Å²) in [5, 5.41) is 6.25. The van der Waals surface area contributed by atoms with E-state index >= 15 is 0 Å². The molecule has 2 N–H and O–H groups in total. The number of furan rings is 1. The summed E-state index contributed by atoms with van der Waals surface area (Å²) < 4.78 is 5.15. The molecule has 106 valence electrons. The molecule has 0 radical (unpaired) electrons. The van der Waals surface area contributed by atoms with Gasteiger partial charge in [0.25, 0.3) is 5.91 Å². The number of hydrogen-bond donors (Lipinski definition) is 2. The van der Waals surface area contributed by atoms with E-state index in [2.05, 4.69) is 24.5 Å². The van der Waals surface area contributed by atoms with Crippen LogP contribution in [0.1, 0.15) is 41.6 Å². The maximum absolute atomic E-state index is 12.1. The van der Waals surface area contributed by atoms with Gasteiger partial charge < -0.3 is 15.1 Å². The van der Waals surface area contributed by atoms with Crippen molar-refractivity contribution in [2.45, 2.75) is 26.8 Å². The largest absolute Gasteiger partial charge is 0.469 e. The Hall–Kier alpha value is -2.07. The summed E-state index contributed by atoms with van der Waals surface area (Å²) >= 11 is 0. The minimum atomic E-state index is -0.149. The number of rotatable bonds is 5. The number of anilines is 1. The molecule has 1 amide bonds. The molecule has 1 aromatic heterocycles. The van der Waals surface area contributed by atoms with Gasteiger partial charge in [-0.2, -0.15) is 0 Å². The van der Waals surface area contributed by atoms with Crippen molar-refractivity contribution >= 4 is 11.6 Å². The van der Waals surface area contributed by atoms with Gasteiger partial charge in [-0.05, 0) is 44.2 Å². The van der Waals surface area contributed by atoms with Crippen LogP contribution in [0.15, 0.2) is 41.0 Å². The number of amides is 1. The standard InChI is InChI=1S/C16H20N2O2/c1-4-17-11(2)13-6-5-7-14(10-13)18-16(19)15-8-9-20-12(15)3/h5-11,17H,4H2,1-3H3,(H,18,19). The molecule has 0 fully saturated rings. The van der Waals surface area contributed by atoms with Crippen molar-refractivity contribution in [2.24, 2.45) is 0 Å². The second-order valence-electron chi connectivity index (χ2n) is 4.75. The van der Waals surface area contributed by atoms with Gasteiger partial charge in [-0.15, -0.1) is 0 Å². The summed E-state index contributed by atoms with van der Waals surface area (Å²) in [6.07, 6.45) is 1.52. The van der Waals surface area contributed by atoms with Crippen molar-refractivity contribution in [3.05, 3.63) is 53.5 Å². The normalized spacial score (nSPS) is 12.2. The topological polar surface area (TPSA) is 54.3 Å². The zero-order chi connectivity index (χ0) is 14.5. The van der Waals surface area contributed by atoms with Crippen molar-refractivity contribution in [1.29, 1.82) is 0 Å². The van der Waals surface area contributed by atoms with Crippen LogP contribution in [0.3, 0.4) is 0 Å². The first kappa shape index (κ1) is 14.3. The zero-order valence-electron chi connectivity index (χ0n) is 12.1. The average Bonchev–Trinajstić information content (AvgIpc) is 2.85. The summed E-state index contributed by atoms with van der Waals surface area (Å²) in [5.74, 6) is 0.476. The van der Waals surface area contributed by atoms with Gasteiger partial charge in [0.15, 0.2) is 0 Å². The van der Waals surface area contributed by atoms with E-state index < -0.39 is 0 Å². The van der Waals surface area contributed by atoms with Crippen LogP contribution < -0.4 is 10.6 Å². The van der Waals surface area contributed by atoms with E-state index in [9.17, 15) is 4.79 Å².